The Balaban J connectivity index is 1.82. The predicted molar refractivity (Wildman–Crippen MR) is 114 cm³/mol. The van der Waals surface area contributed by atoms with Crippen molar-refractivity contribution in [3.63, 3.8) is 0 Å². The molecule has 1 atom stereocenters. The summed E-state index contributed by atoms with van der Waals surface area (Å²) in [6.07, 6.45) is 0. The maximum atomic E-state index is 13.1. The number of benzene rings is 1. The highest BCUT2D eigenvalue weighted by Crippen LogP contribution is 2.21. The highest BCUT2D eigenvalue weighted by Gasteiger charge is 2.27. The summed E-state index contributed by atoms with van der Waals surface area (Å²) in [6.45, 7) is 7.55. The van der Waals surface area contributed by atoms with Crippen LogP contribution in [0.3, 0.4) is 0 Å². The minimum atomic E-state index is -0.506. The van der Waals surface area contributed by atoms with Gasteiger partial charge in [0.25, 0.3) is 5.56 Å². The lowest BCUT2D eigenvalue weighted by Gasteiger charge is -2.23. The monoisotopic (exact) mass is 410 g/mol. The number of aryl methyl sites for hydroxylation is 1. The van der Waals surface area contributed by atoms with Crippen LogP contribution in [0, 0.1) is 13.8 Å². The van der Waals surface area contributed by atoms with Crippen LogP contribution in [-0.4, -0.2) is 51.3 Å². The van der Waals surface area contributed by atoms with Gasteiger partial charge in [-0.1, -0.05) is 12.1 Å². The Bertz CT molecular complexity index is 1160. The van der Waals surface area contributed by atoms with Crippen molar-refractivity contribution in [3.05, 3.63) is 63.0 Å². The van der Waals surface area contributed by atoms with E-state index in [9.17, 15) is 14.4 Å². The lowest BCUT2D eigenvalue weighted by molar-refractivity contribution is 0.0525. The van der Waals surface area contributed by atoms with Crippen molar-refractivity contribution in [3.8, 4) is 0 Å². The Morgan fingerprint density at radius 2 is 1.90 bits per heavy atom. The second-order valence-corrected chi connectivity index (χ2v) is 7.33. The fourth-order valence-electron chi connectivity index (χ4n) is 3.50. The zero-order chi connectivity index (χ0) is 22.0. The number of likely N-dealkylation sites (N-methyl/N-ethyl adjacent to an activating group) is 1. The fourth-order valence-corrected chi connectivity index (χ4v) is 3.50. The van der Waals surface area contributed by atoms with Crippen molar-refractivity contribution < 1.29 is 14.3 Å². The van der Waals surface area contributed by atoms with Crippen molar-refractivity contribution in [1.82, 2.24) is 19.9 Å². The fraction of sp³-hybridized carbons (Fsp3) is 0.364. The molecule has 0 fully saturated rings. The molecular weight excluding hydrogens is 384 g/mol. The van der Waals surface area contributed by atoms with Gasteiger partial charge in [-0.3, -0.25) is 14.5 Å². The summed E-state index contributed by atoms with van der Waals surface area (Å²) in [5.74, 6) is -0.119. The van der Waals surface area contributed by atoms with Crippen LogP contribution < -0.4 is 5.56 Å². The number of nitrogens with zero attached hydrogens (tertiary/aromatic N) is 2. The van der Waals surface area contributed by atoms with E-state index in [1.165, 1.54) is 0 Å². The minimum absolute atomic E-state index is 0.156. The number of aromatic amines is 2. The lowest BCUT2D eigenvalue weighted by Crippen LogP contribution is -2.37. The number of hydrogen-bond acceptors (Lipinski definition) is 6. The Morgan fingerprint density at radius 3 is 2.60 bits per heavy atom. The second-order valence-electron chi connectivity index (χ2n) is 7.33. The molecule has 0 radical (unpaired) electrons. The third kappa shape index (κ3) is 4.04. The van der Waals surface area contributed by atoms with E-state index in [4.69, 9.17) is 4.74 Å². The average molecular weight is 410 g/mol. The standard InChI is InChI=1S/C22H26N4O4/c1-6-30-22(29)18-12(2)19(23-13(18)3)20(27)14(4)26(5)11-17-24-16-10-8-7-9-15(16)21(28)25-17/h7-10,14,23H,6,11H2,1-5H3,(H,24,25,28). The van der Waals surface area contributed by atoms with E-state index in [1.54, 1.807) is 57.8 Å². The van der Waals surface area contributed by atoms with Gasteiger partial charge in [0.2, 0.25) is 0 Å². The first kappa shape index (κ1) is 21.4. The predicted octanol–water partition coefficient (Wildman–Crippen LogP) is 2.75. The van der Waals surface area contributed by atoms with Crippen molar-refractivity contribution in [2.45, 2.75) is 40.3 Å². The molecule has 3 aromatic rings. The zero-order valence-electron chi connectivity index (χ0n) is 17.8. The summed E-state index contributed by atoms with van der Waals surface area (Å²) in [5, 5.41) is 0.525. The van der Waals surface area contributed by atoms with Crippen LogP contribution in [0.15, 0.2) is 29.1 Å². The smallest absolute Gasteiger partial charge is 0.340 e. The number of carbonyl (C=O) groups is 2. The van der Waals surface area contributed by atoms with Gasteiger partial charge in [-0.25, -0.2) is 9.78 Å². The number of fused-ring (bicyclic) bond motifs is 1. The normalized spacial score (nSPS) is 12.3. The summed E-state index contributed by atoms with van der Waals surface area (Å²) >= 11 is 0. The van der Waals surface area contributed by atoms with Gasteiger partial charge in [-0.05, 0) is 52.4 Å². The number of hydrogen-bond donors (Lipinski definition) is 2. The maximum Gasteiger partial charge on any atom is 0.340 e. The zero-order valence-corrected chi connectivity index (χ0v) is 17.8. The van der Waals surface area contributed by atoms with Crippen molar-refractivity contribution >= 4 is 22.7 Å². The Labute approximate surface area is 174 Å². The van der Waals surface area contributed by atoms with Gasteiger partial charge in [0.1, 0.15) is 5.82 Å². The number of nitrogens with one attached hydrogen (secondary N) is 2. The molecule has 0 bridgehead atoms. The number of rotatable bonds is 7. The number of aromatic nitrogens is 3. The summed E-state index contributed by atoms with van der Waals surface area (Å²) in [6, 6.07) is 6.61. The molecule has 0 aliphatic carbocycles. The summed E-state index contributed by atoms with van der Waals surface area (Å²) in [4.78, 5) is 49.7. The van der Waals surface area contributed by atoms with E-state index in [1.807, 2.05) is 6.07 Å². The molecule has 2 aromatic heterocycles. The van der Waals surface area contributed by atoms with Crippen molar-refractivity contribution in [2.75, 3.05) is 13.7 Å². The van der Waals surface area contributed by atoms with Gasteiger partial charge in [-0.2, -0.15) is 0 Å². The second kappa shape index (κ2) is 8.62. The van der Waals surface area contributed by atoms with Crippen LogP contribution in [0.5, 0.6) is 0 Å². The van der Waals surface area contributed by atoms with Gasteiger partial charge < -0.3 is 14.7 Å². The lowest BCUT2D eigenvalue weighted by atomic mass is 10.0. The van der Waals surface area contributed by atoms with Gasteiger partial charge in [0, 0.05) is 5.69 Å². The third-order valence-corrected chi connectivity index (χ3v) is 5.27. The van der Waals surface area contributed by atoms with E-state index in [0.29, 0.717) is 39.2 Å². The molecule has 0 amide bonds. The molecule has 8 nitrogen and oxygen atoms in total. The van der Waals surface area contributed by atoms with Gasteiger partial charge in [0.05, 0.1) is 41.4 Å². The topological polar surface area (TPSA) is 108 Å². The number of esters is 1. The van der Waals surface area contributed by atoms with E-state index < -0.39 is 12.0 Å². The molecule has 158 valence electrons. The van der Waals surface area contributed by atoms with E-state index >= 15 is 0 Å². The Hall–Kier alpha value is -3.26. The molecule has 30 heavy (non-hydrogen) atoms. The molecule has 0 spiro atoms. The number of ether oxygens (including phenoxy) is 1. The molecule has 0 aliphatic rings. The largest absolute Gasteiger partial charge is 0.462 e. The highest BCUT2D eigenvalue weighted by atomic mass is 16.5. The van der Waals surface area contributed by atoms with Gasteiger partial charge in [0.15, 0.2) is 5.78 Å². The average Bonchev–Trinajstić information content (AvgIpc) is 3.01. The van der Waals surface area contributed by atoms with Crippen molar-refractivity contribution in [2.24, 2.45) is 0 Å². The summed E-state index contributed by atoms with van der Waals surface area (Å²) in [7, 11) is 1.79. The van der Waals surface area contributed by atoms with E-state index in [-0.39, 0.29) is 24.5 Å². The molecule has 3 rings (SSSR count). The SMILES string of the molecule is CCOC(=O)c1c(C)[nH]c(C(=O)C(C)N(C)Cc2nc3ccccc3c(=O)[nH]2)c1C. The molecule has 0 saturated carbocycles. The third-order valence-electron chi connectivity index (χ3n) is 5.27. The number of H-pyrrole nitrogens is 2. The van der Waals surface area contributed by atoms with Crippen LogP contribution >= 0.6 is 0 Å². The van der Waals surface area contributed by atoms with Crippen LogP contribution in [-0.2, 0) is 11.3 Å². The first-order chi connectivity index (χ1) is 14.2. The summed E-state index contributed by atoms with van der Waals surface area (Å²) < 4.78 is 5.09. The molecular formula is C22H26N4O4. The molecule has 8 heteroatoms. The van der Waals surface area contributed by atoms with E-state index in [2.05, 4.69) is 15.0 Å². The van der Waals surface area contributed by atoms with Gasteiger partial charge >= 0.3 is 5.97 Å². The molecule has 2 N–H and O–H groups in total. The number of ketones is 1. The first-order valence-electron chi connectivity index (χ1n) is 9.83. The van der Waals surface area contributed by atoms with Crippen LogP contribution in [0.25, 0.3) is 10.9 Å². The maximum absolute atomic E-state index is 13.1. The summed E-state index contributed by atoms with van der Waals surface area (Å²) in [5.41, 5.74) is 2.36. The highest BCUT2D eigenvalue weighted by molar-refractivity contribution is 6.03. The minimum Gasteiger partial charge on any atom is -0.462 e. The molecule has 1 unspecified atom stereocenters. The molecule has 2 heterocycles. The molecule has 1 aromatic carbocycles. The number of Topliss-reactive ketones (excluding diaryl/α,β-unsaturated/α-hetero) is 1. The van der Waals surface area contributed by atoms with Crippen LogP contribution in [0.4, 0.5) is 0 Å². The van der Waals surface area contributed by atoms with Crippen LogP contribution in [0.2, 0.25) is 0 Å². The quantitative estimate of drug-likeness (QED) is 0.458. The first-order valence-corrected chi connectivity index (χ1v) is 9.83. The van der Waals surface area contributed by atoms with Gasteiger partial charge in [-0.15, -0.1) is 0 Å². The van der Waals surface area contributed by atoms with E-state index in [0.717, 1.165) is 0 Å². The molecule has 0 saturated heterocycles. The Morgan fingerprint density at radius 1 is 1.20 bits per heavy atom. The number of carbonyl (C=O) groups excluding carboxylic acids is 2. The van der Waals surface area contributed by atoms with Crippen molar-refractivity contribution in [1.29, 1.82) is 0 Å². The number of para-hydroxylation sites is 1. The van der Waals surface area contributed by atoms with Crippen LogP contribution in [0.1, 0.15) is 51.8 Å². The molecule has 0 aliphatic heterocycles. The Kier molecular flexibility index (Phi) is 6.17.